The van der Waals surface area contributed by atoms with E-state index in [1.807, 2.05) is 29.2 Å². The van der Waals surface area contributed by atoms with Crippen LogP contribution in [-0.4, -0.2) is 47.0 Å². The SMILES string of the molecule is O=C(c1ccco1)N1CCN(Cc2noc3ccccc23)CC1. The molecule has 0 unspecified atom stereocenters. The fourth-order valence-electron chi connectivity index (χ4n) is 2.93. The quantitative estimate of drug-likeness (QED) is 0.743. The zero-order valence-corrected chi connectivity index (χ0v) is 12.6. The summed E-state index contributed by atoms with van der Waals surface area (Å²) < 4.78 is 10.5. The van der Waals surface area contributed by atoms with Crippen LogP contribution in [0, 0.1) is 0 Å². The minimum Gasteiger partial charge on any atom is -0.459 e. The van der Waals surface area contributed by atoms with Gasteiger partial charge in [0.2, 0.25) is 0 Å². The van der Waals surface area contributed by atoms with Gasteiger partial charge in [0.05, 0.1) is 6.26 Å². The number of piperazine rings is 1. The summed E-state index contributed by atoms with van der Waals surface area (Å²) in [4.78, 5) is 16.4. The first-order chi connectivity index (χ1) is 11.3. The lowest BCUT2D eigenvalue weighted by molar-refractivity contribution is 0.0595. The number of fused-ring (bicyclic) bond motifs is 1. The minimum atomic E-state index is -0.0402. The summed E-state index contributed by atoms with van der Waals surface area (Å²) in [6.45, 7) is 3.74. The topological polar surface area (TPSA) is 62.7 Å². The predicted octanol–water partition coefficient (Wildman–Crippen LogP) is 2.38. The zero-order chi connectivity index (χ0) is 15.6. The second-order valence-corrected chi connectivity index (χ2v) is 5.67. The van der Waals surface area contributed by atoms with Crippen LogP contribution in [0.4, 0.5) is 0 Å². The fourth-order valence-corrected chi connectivity index (χ4v) is 2.93. The molecule has 6 nitrogen and oxygen atoms in total. The summed E-state index contributed by atoms with van der Waals surface area (Å²) in [6, 6.07) is 11.3. The third-order valence-corrected chi connectivity index (χ3v) is 4.22. The second kappa shape index (κ2) is 5.89. The second-order valence-electron chi connectivity index (χ2n) is 5.67. The molecule has 23 heavy (non-hydrogen) atoms. The molecule has 0 atom stereocenters. The van der Waals surface area contributed by atoms with Crippen LogP contribution < -0.4 is 0 Å². The highest BCUT2D eigenvalue weighted by molar-refractivity contribution is 5.91. The number of rotatable bonds is 3. The number of carbonyl (C=O) groups is 1. The molecule has 3 aromatic rings. The van der Waals surface area contributed by atoms with E-state index < -0.39 is 0 Å². The molecule has 6 heteroatoms. The molecule has 0 radical (unpaired) electrons. The van der Waals surface area contributed by atoms with Crippen LogP contribution in [0.3, 0.4) is 0 Å². The van der Waals surface area contributed by atoms with Gasteiger partial charge in [0, 0.05) is 38.1 Å². The normalized spacial score (nSPS) is 16.1. The van der Waals surface area contributed by atoms with Crippen molar-refractivity contribution < 1.29 is 13.7 Å². The first-order valence-corrected chi connectivity index (χ1v) is 7.70. The Kier molecular flexibility index (Phi) is 3.59. The molecule has 1 aromatic carbocycles. The monoisotopic (exact) mass is 311 g/mol. The molecule has 0 saturated carbocycles. The van der Waals surface area contributed by atoms with Crippen molar-refractivity contribution in [1.29, 1.82) is 0 Å². The van der Waals surface area contributed by atoms with Crippen LogP contribution in [0.25, 0.3) is 11.0 Å². The van der Waals surface area contributed by atoms with E-state index in [9.17, 15) is 4.79 Å². The molecule has 4 rings (SSSR count). The number of hydrogen-bond donors (Lipinski definition) is 0. The molecule has 1 aliphatic heterocycles. The first kappa shape index (κ1) is 14.0. The van der Waals surface area contributed by atoms with Crippen molar-refractivity contribution in [2.75, 3.05) is 26.2 Å². The lowest BCUT2D eigenvalue weighted by Crippen LogP contribution is -2.48. The number of nitrogens with zero attached hydrogens (tertiary/aromatic N) is 3. The van der Waals surface area contributed by atoms with Gasteiger partial charge in [-0.3, -0.25) is 9.69 Å². The summed E-state index contributed by atoms with van der Waals surface area (Å²) in [5.74, 6) is 0.363. The number of amides is 1. The van der Waals surface area contributed by atoms with E-state index >= 15 is 0 Å². The number of benzene rings is 1. The van der Waals surface area contributed by atoms with Gasteiger partial charge in [-0.05, 0) is 24.3 Å². The van der Waals surface area contributed by atoms with Crippen molar-refractivity contribution in [3.63, 3.8) is 0 Å². The Hall–Kier alpha value is -2.60. The molecule has 118 valence electrons. The van der Waals surface area contributed by atoms with Gasteiger partial charge >= 0.3 is 0 Å². The van der Waals surface area contributed by atoms with E-state index in [-0.39, 0.29) is 5.91 Å². The standard InChI is InChI=1S/C17H17N3O3/c21-17(16-6-3-11-22-16)20-9-7-19(8-10-20)12-14-13-4-1-2-5-15(13)23-18-14/h1-6,11H,7-10,12H2. The maximum Gasteiger partial charge on any atom is 0.289 e. The number of para-hydroxylation sites is 1. The number of carbonyl (C=O) groups excluding carboxylic acids is 1. The van der Waals surface area contributed by atoms with E-state index in [1.165, 1.54) is 6.26 Å². The molecule has 0 spiro atoms. The van der Waals surface area contributed by atoms with Crippen molar-refractivity contribution >= 4 is 16.9 Å². The fraction of sp³-hybridized carbons (Fsp3) is 0.294. The first-order valence-electron chi connectivity index (χ1n) is 7.70. The molecule has 2 aromatic heterocycles. The Balaban J connectivity index is 1.39. The summed E-state index contributed by atoms with van der Waals surface area (Å²) in [6.07, 6.45) is 1.53. The Morgan fingerprint density at radius 2 is 1.91 bits per heavy atom. The Bertz CT molecular complexity index is 801. The van der Waals surface area contributed by atoms with Crippen molar-refractivity contribution in [3.05, 3.63) is 54.1 Å². The van der Waals surface area contributed by atoms with Crippen LogP contribution in [0.15, 0.2) is 51.6 Å². The van der Waals surface area contributed by atoms with Gasteiger partial charge in [-0.1, -0.05) is 17.3 Å². The van der Waals surface area contributed by atoms with Crippen molar-refractivity contribution in [2.24, 2.45) is 0 Å². The van der Waals surface area contributed by atoms with Gasteiger partial charge in [-0.15, -0.1) is 0 Å². The van der Waals surface area contributed by atoms with E-state index in [0.717, 1.165) is 36.3 Å². The molecule has 3 heterocycles. The molecular weight excluding hydrogens is 294 g/mol. The highest BCUT2D eigenvalue weighted by Gasteiger charge is 2.24. The van der Waals surface area contributed by atoms with Gasteiger partial charge in [0.15, 0.2) is 11.3 Å². The third-order valence-electron chi connectivity index (χ3n) is 4.22. The molecule has 1 saturated heterocycles. The van der Waals surface area contributed by atoms with Crippen molar-refractivity contribution in [3.8, 4) is 0 Å². The van der Waals surface area contributed by atoms with Gasteiger partial charge in [0.25, 0.3) is 5.91 Å². The molecule has 1 amide bonds. The number of furan rings is 1. The average Bonchev–Trinajstić information content (AvgIpc) is 3.25. The van der Waals surface area contributed by atoms with Gasteiger partial charge in [0.1, 0.15) is 5.69 Å². The minimum absolute atomic E-state index is 0.0402. The Morgan fingerprint density at radius 1 is 1.09 bits per heavy atom. The van der Waals surface area contributed by atoms with Crippen LogP contribution in [0.2, 0.25) is 0 Å². The van der Waals surface area contributed by atoms with Crippen LogP contribution in [-0.2, 0) is 6.54 Å². The maximum atomic E-state index is 12.2. The Morgan fingerprint density at radius 3 is 2.70 bits per heavy atom. The number of hydrogen-bond acceptors (Lipinski definition) is 5. The lowest BCUT2D eigenvalue weighted by atomic mass is 10.2. The highest BCUT2D eigenvalue weighted by Crippen LogP contribution is 2.20. The number of aromatic nitrogens is 1. The van der Waals surface area contributed by atoms with E-state index in [0.29, 0.717) is 18.8 Å². The molecule has 0 bridgehead atoms. The summed E-state index contributed by atoms with van der Waals surface area (Å²) in [5, 5.41) is 5.23. The zero-order valence-electron chi connectivity index (χ0n) is 12.6. The molecule has 1 aliphatic rings. The summed E-state index contributed by atoms with van der Waals surface area (Å²) in [5.41, 5.74) is 1.76. The van der Waals surface area contributed by atoms with Crippen LogP contribution >= 0.6 is 0 Å². The van der Waals surface area contributed by atoms with Gasteiger partial charge in [-0.2, -0.15) is 0 Å². The van der Waals surface area contributed by atoms with Crippen LogP contribution in [0.5, 0.6) is 0 Å². The van der Waals surface area contributed by atoms with E-state index in [1.54, 1.807) is 12.1 Å². The summed E-state index contributed by atoms with van der Waals surface area (Å²) in [7, 11) is 0. The van der Waals surface area contributed by atoms with E-state index in [2.05, 4.69) is 10.1 Å². The highest BCUT2D eigenvalue weighted by atomic mass is 16.5. The average molecular weight is 311 g/mol. The predicted molar refractivity (Wildman–Crippen MR) is 83.9 cm³/mol. The van der Waals surface area contributed by atoms with E-state index in [4.69, 9.17) is 8.94 Å². The third kappa shape index (κ3) is 2.73. The molecule has 0 aliphatic carbocycles. The molecule has 0 N–H and O–H groups in total. The van der Waals surface area contributed by atoms with Crippen LogP contribution in [0.1, 0.15) is 16.2 Å². The molecular formula is C17H17N3O3. The van der Waals surface area contributed by atoms with Gasteiger partial charge in [-0.25, -0.2) is 0 Å². The summed E-state index contributed by atoms with van der Waals surface area (Å²) >= 11 is 0. The largest absolute Gasteiger partial charge is 0.459 e. The molecule has 1 fully saturated rings. The smallest absolute Gasteiger partial charge is 0.289 e. The maximum absolute atomic E-state index is 12.2. The Labute approximate surface area is 133 Å². The van der Waals surface area contributed by atoms with Crippen molar-refractivity contribution in [2.45, 2.75) is 6.54 Å². The van der Waals surface area contributed by atoms with Crippen molar-refractivity contribution in [1.82, 2.24) is 15.0 Å². The lowest BCUT2D eigenvalue weighted by Gasteiger charge is -2.33. The van der Waals surface area contributed by atoms with Gasteiger partial charge < -0.3 is 13.8 Å².